The molecule has 8 nitrogen and oxygen atoms in total. The van der Waals surface area contributed by atoms with E-state index in [-0.39, 0.29) is 5.69 Å². The van der Waals surface area contributed by atoms with Crippen molar-refractivity contribution >= 4 is 23.3 Å². The van der Waals surface area contributed by atoms with Crippen LogP contribution < -0.4 is 5.43 Å². The fourth-order valence-electron chi connectivity index (χ4n) is 1.21. The summed E-state index contributed by atoms with van der Waals surface area (Å²) >= 11 is 0. The van der Waals surface area contributed by atoms with E-state index in [0.29, 0.717) is 17.4 Å². The van der Waals surface area contributed by atoms with Crippen LogP contribution in [0.15, 0.2) is 41.5 Å². The third-order valence-corrected chi connectivity index (χ3v) is 2.21. The van der Waals surface area contributed by atoms with Crippen LogP contribution in [-0.4, -0.2) is 27.6 Å². The van der Waals surface area contributed by atoms with E-state index < -0.39 is 16.8 Å². The van der Waals surface area contributed by atoms with Gasteiger partial charge < -0.3 is 5.11 Å². The second kappa shape index (κ2) is 6.78. The van der Waals surface area contributed by atoms with Crippen molar-refractivity contribution in [3.05, 3.63) is 52.1 Å². The van der Waals surface area contributed by atoms with Crippen LogP contribution in [0.5, 0.6) is 0 Å². The Hall–Kier alpha value is -3.03. The number of non-ortho nitro benzene ring substituents is 1. The average Bonchev–Trinajstić information content (AvgIpc) is 2.42. The highest BCUT2D eigenvalue weighted by Gasteiger charge is 2.05. The predicted octanol–water partition coefficient (Wildman–Crippen LogP) is 1.08. The average molecular weight is 277 g/mol. The van der Waals surface area contributed by atoms with Crippen molar-refractivity contribution in [2.75, 3.05) is 0 Å². The normalized spacial score (nSPS) is 11.3. The molecule has 0 aromatic heterocycles. The Morgan fingerprint density at radius 1 is 1.30 bits per heavy atom. The van der Waals surface area contributed by atoms with Gasteiger partial charge in [-0.15, -0.1) is 0 Å². The molecule has 0 heterocycles. The zero-order valence-electron chi connectivity index (χ0n) is 10.4. The molecular formula is C12H11N3O5. The minimum Gasteiger partial charge on any atom is -0.478 e. The fourth-order valence-corrected chi connectivity index (χ4v) is 1.21. The zero-order chi connectivity index (χ0) is 15.1. The Balaban J connectivity index is 2.71. The molecule has 1 aromatic rings. The molecule has 0 radical (unpaired) electrons. The van der Waals surface area contributed by atoms with Crippen molar-refractivity contribution < 1.29 is 19.6 Å². The van der Waals surface area contributed by atoms with Crippen LogP contribution in [0, 0.1) is 10.1 Å². The lowest BCUT2D eigenvalue weighted by atomic mass is 10.1. The van der Waals surface area contributed by atoms with Crippen molar-refractivity contribution in [2.24, 2.45) is 5.10 Å². The minimum absolute atomic E-state index is 0.0463. The Kier molecular flexibility index (Phi) is 5.10. The Morgan fingerprint density at radius 3 is 2.40 bits per heavy atom. The van der Waals surface area contributed by atoms with Crippen molar-refractivity contribution in [1.29, 1.82) is 0 Å². The maximum Gasteiger partial charge on any atom is 0.328 e. The first-order valence-corrected chi connectivity index (χ1v) is 5.40. The number of nitro groups is 1. The van der Waals surface area contributed by atoms with Crippen molar-refractivity contribution in [1.82, 2.24) is 5.43 Å². The molecule has 1 amide bonds. The lowest BCUT2D eigenvalue weighted by Gasteiger charge is -2.00. The number of nitrogens with one attached hydrogen (secondary N) is 1. The number of carbonyl (C=O) groups excluding carboxylic acids is 1. The number of benzene rings is 1. The van der Waals surface area contributed by atoms with Gasteiger partial charge in [0.2, 0.25) is 0 Å². The Morgan fingerprint density at radius 2 is 1.90 bits per heavy atom. The molecule has 104 valence electrons. The van der Waals surface area contributed by atoms with Gasteiger partial charge in [-0.1, -0.05) is 0 Å². The molecule has 2 N–H and O–H groups in total. The molecule has 8 heteroatoms. The molecule has 0 aliphatic carbocycles. The molecule has 0 aliphatic rings. The first kappa shape index (κ1) is 15.0. The van der Waals surface area contributed by atoms with E-state index in [4.69, 9.17) is 5.11 Å². The highest BCUT2D eigenvalue weighted by atomic mass is 16.6. The number of rotatable bonds is 5. The van der Waals surface area contributed by atoms with Crippen LogP contribution in [-0.2, 0) is 9.59 Å². The number of carboxylic acid groups (broad SMARTS) is 1. The van der Waals surface area contributed by atoms with Crippen LogP contribution in [0.25, 0.3) is 0 Å². The number of carboxylic acids is 1. The van der Waals surface area contributed by atoms with Gasteiger partial charge in [0.1, 0.15) is 0 Å². The van der Waals surface area contributed by atoms with Gasteiger partial charge in [-0.25, -0.2) is 10.2 Å². The second-order valence-electron chi connectivity index (χ2n) is 3.65. The van der Waals surface area contributed by atoms with Crippen LogP contribution in [0.3, 0.4) is 0 Å². The summed E-state index contributed by atoms with van der Waals surface area (Å²) in [6, 6.07) is 5.63. The van der Waals surface area contributed by atoms with E-state index in [1.54, 1.807) is 6.92 Å². The standard InChI is InChI=1S/C12H11N3O5/c1-8(13-14-11(16)6-7-12(17)18)9-2-4-10(5-3-9)15(19)20/h2-7H,1H3,(H,14,16)(H,17,18)/b7-6+,13-8+. The molecule has 0 fully saturated rings. The summed E-state index contributed by atoms with van der Waals surface area (Å²) in [6.07, 6.45) is 1.51. The third-order valence-electron chi connectivity index (χ3n) is 2.21. The molecule has 0 atom stereocenters. The minimum atomic E-state index is -1.24. The van der Waals surface area contributed by atoms with Crippen LogP contribution >= 0.6 is 0 Å². The summed E-state index contributed by atoms with van der Waals surface area (Å²) in [7, 11) is 0. The summed E-state index contributed by atoms with van der Waals surface area (Å²) in [5.41, 5.74) is 3.12. The third kappa shape index (κ3) is 4.69. The number of hydrogen-bond donors (Lipinski definition) is 2. The van der Waals surface area contributed by atoms with Crippen LogP contribution in [0.1, 0.15) is 12.5 Å². The first-order chi connectivity index (χ1) is 9.40. The summed E-state index contributed by atoms with van der Waals surface area (Å²) in [4.78, 5) is 31.3. The van der Waals surface area contributed by atoms with Crippen molar-refractivity contribution in [2.45, 2.75) is 6.92 Å². The number of aliphatic carboxylic acids is 1. The molecule has 20 heavy (non-hydrogen) atoms. The van der Waals surface area contributed by atoms with Gasteiger partial charge in [-0.05, 0) is 24.6 Å². The Labute approximate surface area is 113 Å². The van der Waals surface area contributed by atoms with Crippen LogP contribution in [0.4, 0.5) is 5.69 Å². The van der Waals surface area contributed by atoms with E-state index >= 15 is 0 Å². The van der Waals surface area contributed by atoms with Crippen LogP contribution in [0.2, 0.25) is 0 Å². The van der Waals surface area contributed by atoms with Gasteiger partial charge in [-0.2, -0.15) is 5.10 Å². The van der Waals surface area contributed by atoms with Gasteiger partial charge >= 0.3 is 5.97 Å². The van der Waals surface area contributed by atoms with Crippen molar-refractivity contribution in [3.8, 4) is 0 Å². The van der Waals surface area contributed by atoms with E-state index in [1.807, 2.05) is 0 Å². The van der Waals surface area contributed by atoms with Gasteiger partial charge in [0, 0.05) is 24.3 Å². The maximum absolute atomic E-state index is 11.2. The second-order valence-corrected chi connectivity index (χ2v) is 3.65. The highest BCUT2D eigenvalue weighted by molar-refractivity contribution is 6.00. The molecule has 0 spiro atoms. The molecule has 1 aromatic carbocycles. The topological polar surface area (TPSA) is 122 Å². The quantitative estimate of drug-likeness (QED) is 0.361. The molecule has 0 aliphatic heterocycles. The molecule has 0 bridgehead atoms. The smallest absolute Gasteiger partial charge is 0.328 e. The largest absolute Gasteiger partial charge is 0.478 e. The van der Waals surface area contributed by atoms with Gasteiger partial charge in [0.05, 0.1) is 10.6 Å². The number of nitro benzene ring substituents is 1. The Bertz CT molecular complexity index is 590. The first-order valence-electron chi connectivity index (χ1n) is 5.40. The summed E-state index contributed by atoms with van der Waals surface area (Å²) in [5, 5.41) is 22.6. The van der Waals surface area contributed by atoms with Gasteiger partial charge in [-0.3, -0.25) is 14.9 Å². The lowest BCUT2D eigenvalue weighted by Crippen LogP contribution is -2.16. The van der Waals surface area contributed by atoms with E-state index in [0.717, 1.165) is 6.08 Å². The van der Waals surface area contributed by atoms with Crippen molar-refractivity contribution in [3.63, 3.8) is 0 Å². The van der Waals surface area contributed by atoms with Gasteiger partial charge in [0.15, 0.2) is 0 Å². The fraction of sp³-hybridized carbons (Fsp3) is 0.0833. The van der Waals surface area contributed by atoms with Gasteiger partial charge in [0.25, 0.3) is 11.6 Å². The summed E-state index contributed by atoms with van der Waals surface area (Å²) < 4.78 is 0. The molecule has 1 rings (SSSR count). The monoisotopic (exact) mass is 277 g/mol. The number of carbonyl (C=O) groups is 2. The molecule has 0 saturated carbocycles. The SMILES string of the molecule is C/C(=N\NC(=O)/C=C/C(=O)O)c1ccc([N+](=O)[O-])cc1. The van der Waals surface area contributed by atoms with E-state index in [2.05, 4.69) is 10.5 Å². The zero-order valence-corrected chi connectivity index (χ0v) is 10.4. The maximum atomic E-state index is 11.2. The number of amides is 1. The number of nitrogens with zero attached hydrogens (tertiary/aromatic N) is 2. The predicted molar refractivity (Wildman–Crippen MR) is 70.2 cm³/mol. The lowest BCUT2D eigenvalue weighted by molar-refractivity contribution is -0.384. The number of hydrazone groups is 1. The number of hydrogen-bond acceptors (Lipinski definition) is 5. The summed E-state index contributed by atoms with van der Waals surface area (Å²) in [5.74, 6) is -1.93. The molecule has 0 unspecified atom stereocenters. The highest BCUT2D eigenvalue weighted by Crippen LogP contribution is 2.12. The summed E-state index contributed by atoms with van der Waals surface area (Å²) in [6.45, 7) is 1.60. The van der Waals surface area contributed by atoms with E-state index in [1.165, 1.54) is 24.3 Å². The van der Waals surface area contributed by atoms with E-state index in [9.17, 15) is 19.7 Å². The molecule has 0 saturated heterocycles. The molecular weight excluding hydrogens is 266 g/mol.